The Morgan fingerprint density at radius 3 is 2.44 bits per heavy atom. The molecule has 1 saturated heterocycles. The van der Waals surface area contributed by atoms with E-state index in [-0.39, 0.29) is 11.3 Å². The van der Waals surface area contributed by atoms with Crippen LogP contribution in [0.1, 0.15) is 35.4 Å². The van der Waals surface area contributed by atoms with Crippen LogP contribution in [0.2, 0.25) is 0 Å². The highest BCUT2D eigenvalue weighted by molar-refractivity contribution is 5.93. The SMILES string of the molecule is O=C(c1cccnc1)N1CCC2(CC1)CCn1c(-c3ccccc3)cnc12. The minimum absolute atomic E-state index is 0.0873. The molecular formula is C22H22N4O. The van der Waals surface area contributed by atoms with E-state index in [0.29, 0.717) is 5.56 Å². The predicted octanol–water partition coefficient (Wildman–Crippen LogP) is 3.52. The average molecular weight is 358 g/mol. The van der Waals surface area contributed by atoms with Crippen LogP contribution in [0.4, 0.5) is 0 Å². The van der Waals surface area contributed by atoms with Crippen molar-refractivity contribution in [3.63, 3.8) is 0 Å². The Balaban J connectivity index is 1.36. The van der Waals surface area contributed by atoms with E-state index >= 15 is 0 Å². The normalized spacial score (nSPS) is 17.9. The van der Waals surface area contributed by atoms with Crippen molar-refractivity contribution in [3.8, 4) is 11.3 Å². The van der Waals surface area contributed by atoms with Gasteiger partial charge in [0.2, 0.25) is 0 Å². The smallest absolute Gasteiger partial charge is 0.255 e. The van der Waals surface area contributed by atoms with Crippen molar-refractivity contribution in [2.75, 3.05) is 13.1 Å². The van der Waals surface area contributed by atoms with Gasteiger partial charge in [-0.15, -0.1) is 0 Å². The second-order valence-corrected chi connectivity index (χ2v) is 7.55. The molecule has 136 valence electrons. The molecule has 0 radical (unpaired) electrons. The Morgan fingerprint density at radius 2 is 1.70 bits per heavy atom. The number of nitrogens with zero attached hydrogens (tertiary/aromatic N) is 4. The van der Waals surface area contributed by atoms with Gasteiger partial charge < -0.3 is 9.47 Å². The number of hydrogen-bond donors (Lipinski definition) is 0. The summed E-state index contributed by atoms with van der Waals surface area (Å²) in [5.41, 5.74) is 3.21. The molecule has 0 aliphatic carbocycles. The molecule has 1 fully saturated rings. The van der Waals surface area contributed by atoms with Gasteiger partial charge in [0.1, 0.15) is 5.82 Å². The maximum absolute atomic E-state index is 12.7. The number of carbonyl (C=O) groups is 1. The number of hydrogen-bond acceptors (Lipinski definition) is 3. The van der Waals surface area contributed by atoms with Crippen molar-refractivity contribution < 1.29 is 4.79 Å². The lowest BCUT2D eigenvalue weighted by atomic mass is 9.76. The van der Waals surface area contributed by atoms with E-state index in [1.54, 1.807) is 12.4 Å². The number of fused-ring (bicyclic) bond motifs is 2. The lowest BCUT2D eigenvalue weighted by Gasteiger charge is -2.38. The summed E-state index contributed by atoms with van der Waals surface area (Å²) in [7, 11) is 0. The molecule has 5 rings (SSSR count). The Bertz CT molecular complexity index is 956. The summed E-state index contributed by atoms with van der Waals surface area (Å²) in [6.07, 6.45) is 8.43. The molecule has 4 heterocycles. The molecule has 1 spiro atoms. The van der Waals surface area contributed by atoms with Gasteiger partial charge >= 0.3 is 0 Å². The molecule has 2 aromatic heterocycles. The highest BCUT2D eigenvalue weighted by Crippen LogP contribution is 2.44. The molecule has 5 heteroatoms. The number of rotatable bonds is 2. The molecule has 27 heavy (non-hydrogen) atoms. The van der Waals surface area contributed by atoms with Crippen LogP contribution in [0, 0.1) is 0 Å². The first-order chi connectivity index (χ1) is 13.3. The van der Waals surface area contributed by atoms with Crippen LogP contribution in [0.25, 0.3) is 11.3 Å². The molecule has 1 aromatic carbocycles. The van der Waals surface area contributed by atoms with Gasteiger partial charge in [-0.05, 0) is 37.0 Å². The first-order valence-corrected chi connectivity index (χ1v) is 9.58. The first-order valence-electron chi connectivity index (χ1n) is 9.58. The van der Waals surface area contributed by atoms with Crippen LogP contribution in [0.5, 0.6) is 0 Å². The third-order valence-corrected chi connectivity index (χ3v) is 6.13. The Hall–Kier alpha value is -2.95. The van der Waals surface area contributed by atoms with Gasteiger partial charge in [-0.2, -0.15) is 0 Å². The third kappa shape index (κ3) is 2.65. The lowest BCUT2D eigenvalue weighted by molar-refractivity contribution is 0.0663. The molecule has 0 bridgehead atoms. The van der Waals surface area contributed by atoms with E-state index in [1.165, 1.54) is 17.1 Å². The van der Waals surface area contributed by atoms with Gasteiger partial charge in [0.25, 0.3) is 5.91 Å². The molecule has 0 N–H and O–H groups in total. The highest BCUT2D eigenvalue weighted by atomic mass is 16.2. The summed E-state index contributed by atoms with van der Waals surface area (Å²) in [4.78, 5) is 23.6. The van der Waals surface area contributed by atoms with Gasteiger partial charge in [0, 0.05) is 37.4 Å². The van der Waals surface area contributed by atoms with E-state index in [2.05, 4.69) is 33.8 Å². The summed E-state index contributed by atoms with van der Waals surface area (Å²) >= 11 is 0. The number of piperidine rings is 1. The van der Waals surface area contributed by atoms with Crippen molar-refractivity contribution in [1.29, 1.82) is 0 Å². The summed E-state index contributed by atoms with van der Waals surface area (Å²) in [6, 6.07) is 14.1. The minimum Gasteiger partial charge on any atom is -0.339 e. The fraction of sp³-hybridized carbons (Fsp3) is 0.318. The maximum atomic E-state index is 12.7. The van der Waals surface area contributed by atoms with Crippen LogP contribution >= 0.6 is 0 Å². The molecular weight excluding hydrogens is 336 g/mol. The summed E-state index contributed by atoms with van der Waals surface area (Å²) < 4.78 is 2.38. The zero-order valence-corrected chi connectivity index (χ0v) is 15.2. The second kappa shape index (κ2) is 6.34. The van der Waals surface area contributed by atoms with Crippen molar-refractivity contribution in [3.05, 3.63) is 72.4 Å². The number of imidazole rings is 1. The number of amides is 1. The third-order valence-electron chi connectivity index (χ3n) is 6.13. The van der Waals surface area contributed by atoms with Crippen LogP contribution < -0.4 is 0 Å². The average Bonchev–Trinajstić information content (AvgIpc) is 3.31. The molecule has 3 aromatic rings. The maximum Gasteiger partial charge on any atom is 0.255 e. The highest BCUT2D eigenvalue weighted by Gasteiger charge is 2.44. The minimum atomic E-state index is 0.0873. The van der Waals surface area contributed by atoms with Gasteiger partial charge in [-0.1, -0.05) is 30.3 Å². The number of benzene rings is 1. The van der Waals surface area contributed by atoms with Gasteiger partial charge in [0.05, 0.1) is 17.5 Å². The fourth-order valence-corrected chi connectivity index (χ4v) is 4.59. The molecule has 2 aliphatic rings. The van der Waals surface area contributed by atoms with E-state index in [0.717, 1.165) is 38.9 Å². The van der Waals surface area contributed by atoms with Gasteiger partial charge in [-0.3, -0.25) is 9.78 Å². The van der Waals surface area contributed by atoms with Crippen molar-refractivity contribution >= 4 is 5.91 Å². The Kier molecular flexibility index (Phi) is 3.81. The van der Waals surface area contributed by atoms with Crippen LogP contribution in [0.15, 0.2) is 61.1 Å². The Morgan fingerprint density at radius 1 is 0.926 bits per heavy atom. The molecule has 5 nitrogen and oxygen atoms in total. The summed E-state index contributed by atoms with van der Waals surface area (Å²) in [6.45, 7) is 2.57. The lowest BCUT2D eigenvalue weighted by Crippen LogP contribution is -2.44. The van der Waals surface area contributed by atoms with E-state index in [9.17, 15) is 4.79 Å². The van der Waals surface area contributed by atoms with Crippen molar-refractivity contribution in [2.45, 2.75) is 31.2 Å². The summed E-state index contributed by atoms with van der Waals surface area (Å²) in [5.74, 6) is 1.29. The number of aromatic nitrogens is 3. The predicted molar refractivity (Wildman–Crippen MR) is 103 cm³/mol. The van der Waals surface area contributed by atoms with E-state index in [1.807, 2.05) is 29.3 Å². The fourth-order valence-electron chi connectivity index (χ4n) is 4.59. The van der Waals surface area contributed by atoms with Crippen LogP contribution in [-0.4, -0.2) is 38.4 Å². The monoisotopic (exact) mass is 358 g/mol. The molecule has 1 amide bonds. The number of carbonyl (C=O) groups excluding carboxylic acids is 1. The van der Waals surface area contributed by atoms with Gasteiger partial charge in [0.15, 0.2) is 0 Å². The van der Waals surface area contributed by atoms with Crippen molar-refractivity contribution in [1.82, 2.24) is 19.4 Å². The quantitative estimate of drug-likeness (QED) is 0.704. The molecule has 0 atom stereocenters. The van der Waals surface area contributed by atoms with Crippen LogP contribution in [-0.2, 0) is 12.0 Å². The largest absolute Gasteiger partial charge is 0.339 e. The molecule has 0 saturated carbocycles. The second-order valence-electron chi connectivity index (χ2n) is 7.55. The molecule has 0 unspecified atom stereocenters. The number of likely N-dealkylation sites (tertiary alicyclic amines) is 1. The Labute approximate surface area is 158 Å². The topological polar surface area (TPSA) is 51.0 Å². The number of pyridine rings is 1. The zero-order chi connectivity index (χ0) is 18.3. The van der Waals surface area contributed by atoms with Crippen molar-refractivity contribution in [2.24, 2.45) is 0 Å². The molecule has 2 aliphatic heterocycles. The zero-order valence-electron chi connectivity index (χ0n) is 15.2. The van der Waals surface area contributed by atoms with Gasteiger partial charge in [-0.25, -0.2) is 4.98 Å². The van der Waals surface area contributed by atoms with E-state index < -0.39 is 0 Å². The summed E-state index contributed by atoms with van der Waals surface area (Å²) in [5, 5.41) is 0. The van der Waals surface area contributed by atoms with Crippen LogP contribution in [0.3, 0.4) is 0 Å². The first kappa shape index (κ1) is 16.2. The van der Waals surface area contributed by atoms with E-state index in [4.69, 9.17) is 4.98 Å². The standard InChI is InChI=1S/C22H22N4O/c27-20(18-7-4-11-23-15-18)25-12-8-22(9-13-25)10-14-26-19(16-24-21(22)26)17-5-2-1-3-6-17/h1-7,11,15-16H,8-10,12-14H2.